The molecule has 0 aliphatic carbocycles. The second-order valence-electron chi connectivity index (χ2n) is 7.22. The fourth-order valence-electron chi connectivity index (χ4n) is 3.57. The van der Waals surface area contributed by atoms with Crippen LogP contribution in [-0.4, -0.2) is 29.5 Å². The number of aromatic nitrogens is 1. The summed E-state index contributed by atoms with van der Waals surface area (Å²) in [6, 6.07) is 21.2. The molecule has 3 aromatic rings. The SMILES string of the molecule is CCCN(CCCCc1sc(N)nc1-c1ccccc1)CCc1ccccc1.Cl.Cl. The van der Waals surface area contributed by atoms with Crippen molar-refractivity contribution in [2.75, 3.05) is 25.4 Å². The van der Waals surface area contributed by atoms with Gasteiger partial charge in [-0.3, -0.25) is 0 Å². The summed E-state index contributed by atoms with van der Waals surface area (Å²) in [5.41, 5.74) is 9.66. The number of hydrogen-bond acceptors (Lipinski definition) is 4. The third-order valence-electron chi connectivity index (χ3n) is 4.99. The molecule has 0 aliphatic heterocycles. The molecule has 0 unspecified atom stereocenters. The van der Waals surface area contributed by atoms with Crippen LogP contribution in [-0.2, 0) is 12.8 Å². The highest BCUT2D eigenvalue weighted by Gasteiger charge is 2.12. The van der Waals surface area contributed by atoms with Crippen molar-refractivity contribution in [3.05, 3.63) is 71.1 Å². The van der Waals surface area contributed by atoms with Crippen LogP contribution in [0.1, 0.15) is 36.6 Å². The van der Waals surface area contributed by atoms with E-state index in [1.165, 1.54) is 41.8 Å². The molecule has 2 N–H and O–H groups in total. The first-order chi connectivity index (χ1) is 13.8. The van der Waals surface area contributed by atoms with E-state index < -0.39 is 0 Å². The van der Waals surface area contributed by atoms with Gasteiger partial charge in [0.2, 0.25) is 0 Å². The number of thiazole rings is 1. The van der Waals surface area contributed by atoms with E-state index in [0.29, 0.717) is 5.13 Å². The van der Waals surface area contributed by atoms with Crippen LogP contribution in [0.2, 0.25) is 0 Å². The van der Waals surface area contributed by atoms with Gasteiger partial charge in [0.05, 0.1) is 5.69 Å². The molecule has 0 spiro atoms. The van der Waals surface area contributed by atoms with Gasteiger partial charge in [-0.05, 0) is 50.8 Å². The highest BCUT2D eigenvalue weighted by Crippen LogP contribution is 2.30. The van der Waals surface area contributed by atoms with Gasteiger partial charge in [-0.1, -0.05) is 67.6 Å². The number of nitrogens with zero attached hydrogens (tertiary/aromatic N) is 2. The number of rotatable bonds is 11. The zero-order valence-electron chi connectivity index (χ0n) is 17.6. The van der Waals surface area contributed by atoms with E-state index in [2.05, 4.69) is 71.4 Å². The normalized spacial score (nSPS) is 10.5. The lowest BCUT2D eigenvalue weighted by Gasteiger charge is -2.21. The summed E-state index contributed by atoms with van der Waals surface area (Å²) >= 11 is 1.64. The van der Waals surface area contributed by atoms with E-state index in [9.17, 15) is 0 Å². The number of nitrogen functional groups attached to an aromatic ring is 1. The van der Waals surface area contributed by atoms with Crippen molar-refractivity contribution in [2.45, 2.75) is 39.0 Å². The number of hydrogen-bond donors (Lipinski definition) is 1. The second-order valence-corrected chi connectivity index (χ2v) is 8.34. The van der Waals surface area contributed by atoms with Crippen LogP contribution in [0.3, 0.4) is 0 Å². The topological polar surface area (TPSA) is 42.1 Å². The van der Waals surface area contributed by atoms with Crippen LogP contribution in [0.25, 0.3) is 11.3 Å². The molecule has 0 fully saturated rings. The molecule has 0 radical (unpaired) electrons. The number of benzene rings is 2. The molecule has 164 valence electrons. The lowest BCUT2D eigenvalue weighted by Crippen LogP contribution is -2.28. The Hall–Kier alpha value is -1.59. The fourth-order valence-corrected chi connectivity index (χ4v) is 4.46. The van der Waals surface area contributed by atoms with E-state index in [-0.39, 0.29) is 24.8 Å². The van der Waals surface area contributed by atoms with Gasteiger partial charge in [0.15, 0.2) is 5.13 Å². The average Bonchev–Trinajstić information content (AvgIpc) is 3.11. The Kier molecular flexibility index (Phi) is 12.7. The van der Waals surface area contributed by atoms with Crippen LogP contribution in [0.15, 0.2) is 60.7 Å². The Labute approximate surface area is 197 Å². The molecule has 1 heterocycles. The summed E-state index contributed by atoms with van der Waals surface area (Å²) in [6.07, 6.45) is 5.77. The lowest BCUT2D eigenvalue weighted by atomic mass is 10.1. The molecule has 3 nitrogen and oxygen atoms in total. The molecule has 0 saturated heterocycles. The number of anilines is 1. The Morgan fingerprint density at radius 2 is 1.50 bits per heavy atom. The molecule has 1 aromatic heterocycles. The zero-order valence-corrected chi connectivity index (χ0v) is 20.1. The standard InChI is InChI=1S/C24H31N3S.2ClH/c1-2-17-27(19-16-20-11-5-3-6-12-20)18-10-9-15-22-23(26-24(25)28-22)21-13-7-4-8-14-21;;/h3-8,11-14H,2,9-10,15-19H2,1H3,(H2,25,26);2*1H. The fraction of sp³-hybridized carbons (Fsp3) is 0.375. The zero-order chi connectivity index (χ0) is 19.6. The van der Waals surface area contributed by atoms with E-state index in [0.717, 1.165) is 31.6 Å². The number of nitrogens with two attached hydrogens (primary N) is 1. The molecular formula is C24H33Cl2N3S. The Morgan fingerprint density at radius 1 is 0.833 bits per heavy atom. The van der Waals surface area contributed by atoms with Crippen molar-refractivity contribution in [1.29, 1.82) is 0 Å². The predicted molar refractivity (Wildman–Crippen MR) is 136 cm³/mol. The average molecular weight is 467 g/mol. The van der Waals surface area contributed by atoms with E-state index >= 15 is 0 Å². The van der Waals surface area contributed by atoms with E-state index in [1.807, 2.05) is 6.07 Å². The smallest absolute Gasteiger partial charge is 0.180 e. The molecule has 0 aliphatic rings. The minimum atomic E-state index is 0. The van der Waals surface area contributed by atoms with Gasteiger partial charge in [0.25, 0.3) is 0 Å². The molecule has 0 amide bonds. The highest BCUT2D eigenvalue weighted by atomic mass is 35.5. The summed E-state index contributed by atoms with van der Waals surface area (Å²) in [6.45, 7) is 5.74. The molecule has 0 bridgehead atoms. The number of unbranched alkanes of at least 4 members (excludes halogenated alkanes) is 1. The van der Waals surface area contributed by atoms with Gasteiger partial charge < -0.3 is 10.6 Å². The van der Waals surface area contributed by atoms with Gasteiger partial charge in [0.1, 0.15) is 0 Å². The third kappa shape index (κ3) is 8.27. The van der Waals surface area contributed by atoms with Gasteiger partial charge in [0, 0.05) is 17.0 Å². The highest BCUT2D eigenvalue weighted by molar-refractivity contribution is 7.15. The molecule has 0 saturated carbocycles. The summed E-state index contributed by atoms with van der Waals surface area (Å²) in [4.78, 5) is 8.49. The van der Waals surface area contributed by atoms with Crippen LogP contribution in [0.5, 0.6) is 0 Å². The Morgan fingerprint density at radius 3 is 2.17 bits per heavy atom. The van der Waals surface area contributed by atoms with Crippen molar-refractivity contribution < 1.29 is 0 Å². The molecule has 6 heteroatoms. The van der Waals surface area contributed by atoms with Crippen LogP contribution in [0.4, 0.5) is 5.13 Å². The van der Waals surface area contributed by atoms with Crippen LogP contribution < -0.4 is 5.73 Å². The maximum absolute atomic E-state index is 6.00. The molecule has 2 aromatic carbocycles. The minimum absolute atomic E-state index is 0. The first-order valence-corrected chi connectivity index (χ1v) is 11.1. The Balaban J connectivity index is 0.00000225. The predicted octanol–water partition coefficient (Wildman–Crippen LogP) is 6.51. The quantitative estimate of drug-likeness (QED) is 0.328. The van der Waals surface area contributed by atoms with Gasteiger partial charge >= 0.3 is 0 Å². The summed E-state index contributed by atoms with van der Waals surface area (Å²) < 4.78 is 0. The summed E-state index contributed by atoms with van der Waals surface area (Å²) in [7, 11) is 0. The summed E-state index contributed by atoms with van der Waals surface area (Å²) in [5.74, 6) is 0. The lowest BCUT2D eigenvalue weighted by molar-refractivity contribution is 0.272. The first kappa shape index (κ1) is 26.4. The largest absolute Gasteiger partial charge is 0.375 e. The maximum Gasteiger partial charge on any atom is 0.180 e. The monoisotopic (exact) mass is 465 g/mol. The molecular weight excluding hydrogens is 433 g/mol. The minimum Gasteiger partial charge on any atom is -0.375 e. The van der Waals surface area contributed by atoms with Crippen molar-refractivity contribution in [3.8, 4) is 11.3 Å². The van der Waals surface area contributed by atoms with Gasteiger partial charge in [-0.25, -0.2) is 4.98 Å². The van der Waals surface area contributed by atoms with Crippen molar-refractivity contribution >= 4 is 41.3 Å². The summed E-state index contributed by atoms with van der Waals surface area (Å²) in [5, 5.41) is 0.671. The number of aryl methyl sites for hydroxylation is 1. The van der Waals surface area contributed by atoms with Crippen LogP contribution >= 0.6 is 36.2 Å². The van der Waals surface area contributed by atoms with Gasteiger partial charge in [-0.2, -0.15) is 0 Å². The second kappa shape index (κ2) is 14.4. The van der Waals surface area contributed by atoms with Crippen molar-refractivity contribution in [1.82, 2.24) is 9.88 Å². The first-order valence-electron chi connectivity index (χ1n) is 10.3. The maximum atomic E-state index is 6.00. The number of halogens is 2. The van der Waals surface area contributed by atoms with E-state index in [1.54, 1.807) is 11.3 Å². The third-order valence-corrected chi connectivity index (χ3v) is 5.93. The van der Waals surface area contributed by atoms with Crippen LogP contribution in [0, 0.1) is 0 Å². The van der Waals surface area contributed by atoms with E-state index in [4.69, 9.17) is 5.73 Å². The molecule has 3 rings (SSSR count). The van der Waals surface area contributed by atoms with Gasteiger partial charge in [-0.15, -0.1) is 36.2 Å². The Bertz CT molecular complexity index is 825. The van der Waals surface area contributed by atoms with Crippen molar-refractivity contribution in [2.24, 2.45) is 0 Å². The molecule has 30 heavy (non-hydrogen) atoms. The van der Waals surface area contributed by atoms with Crippen molar-refractivity contribution in [3.63, 3.8) is 0 Å². The molecule has 0 atom stereocenters.